The van der Waals surface area contributed by atoms with Crippen molar-refractivity contribution in [2.45, 2.75) is 24.5 Å². The van der Waals surface area contributed by atoms with Crippen molar-refractivity contribution in [1.82, 2.24) is 0 Å². The lowest BCUT2D eigenvalue weighted by atomic mass is 10.1. The molecule has 0 amide bonds. The number of ether oxygens (including phenoxy) is 1. The zero-order valence-corrected chi connectivity index (χ0v) is 5.34. The molecular weight excluding hydrogens is 138 g/mol. The third-order valence-corrected chi connectivity index (χ3v) is 1.54. The van der Waals surface area contributed by atoms with E-state index in [1.165, 1.54) is 0 Å². The van der Waals surface area contributed by atoms with E-state index in [1.807, 2.05) is 0 Å². The predicted octanol–water partition coefficient (Wildman–Crippen LogP) is -2.62. The first-order chi connectivity index (χ1) is 4.63. The molecule has 4 atom stereocenters. The van der Waals surface area contributed by atoms with Gasteiger partial charge >= 0.3 is 0 Å². The zero-order valence-electron chi connectivity index (χ0n) is 5.34. The molecule has 5 heteroatoms. The maximum atomic E-state index is 8.96. The molecule has 1 rings (SSSR count). The van der Waals surface area contributed by atoms with Crippen molar-refractivity contribution in [3.8, 4) is 0 Å². The highest BCUT2D eigenvalue weighted by atomic mass is 16.5. The fourth-order valence-corrected chi connectivity index (χ4v) is 0.829. The van der Waals surface area contributed by atoms with Crippen molar-refractivity contribution >= 4 is 0 Å². The summed E-state index contributed by atoms with van der Waals surface area (Å²) in [6.45, 7) is -0.0284. The summed E-state index contributed by atoms with van der Waals surface area (Å²) in [4.78, 5) is 0. The van der Waals surface area contributed by atoms with Gasteiger partial charge in [-0.25, -0.2) is 0 Å². The van der Waals surface area contributed by atoms with E-state index in [1.54, 1.807) is 0 Å². The van der Waals surface area contributed by atoms with Crippen LogP contribution in [0.2, 0.25) is 0 Å². The number of hydrogen-bond acceptors (Lipinski definition) is 5. The lowest BCUT2D eigenvalue weighted by molar-refractivity contribution is -0.184. The van der Waals surface area contributed by atoms with Crippen LogP contribution in [0.3, 0.4) is 0 Å². The molecule has 10 heavy (non-hydrogen) atoms. The topological polar surface area (TPSA) is 95.9 Å². The molecule has 2 unspecified atom stereocenters. The third kappa shape index (κ3) is 1.28. The summed E-state index contributed by atoms with van der Waals surface area (Å²) in [7, 11) is 0. The molecule has 5 nitrogen and oxygen atoms in total. The van der Waals surface area contributed by atoms with Gasteiger partial charge in [0.25, 0.3) is 0 Å². The van der Waals surface area contributed by atoms with Crippen molar-refractivity contribution in [3.63, 3.8) is 0 Å². The molecular formula is C5H11NO4. The van der Waals surface area contributed by atoms with Crippen molar-refractivity contribution in [2.24, 2.45) is 5.73 Å². The molecule has 0 aromatic rings. The smallest absolute Gasteiger partial charge is 0.134 e. The largest absolute Gasteiger partial charge is 0.388 e. The highest BCUT2D eigenvalue weighted by molar-refractivity contribution is 4.83. The Kier molecular flexibility index (Phi) is 2.22. The number of aliphatic hydroxyl groups excluding tert-OH is 3. The Bertz CT molecular complexity index is 106. The Morgan fingerprint density at radius 1 is 1.20 bits per heavy atom. The van der Waals surface area contributed by atoms with Crippen molar-refractivity contribution in [3.05, 3.63) is 0 Å². The fraction of sp³-hybridized carbons (Fsp3) is 1.00. The second-order valence-corrected chi connectivity index (χ2v) is 2.35. The van der Waals surface area contributed by atoms with E-state index in [0.717, 1.165) is 0 Å². The van der Waals surface area contributed by atoms with Gasteiger partial charge in [-0.05, 0) is 0 Å². The van der Waals surface area contributed by atoms with Crippen molar-refractivity contribution in [1.29, 1.82) is 0 Å². The summed E-state index contributed by atoms with van der Waals surface area (Å²) in [5.41, 5.74) is 5.19. The van der Waals surface area contributed by atoms with Gasteiger partial charge in [0, 0.05) is 0 Å². The van der Waals surface area contributed by atoms with Gasteiger partial charge in [0.2, 0.25) is 0 Å². The monoisotopic (exact) mass is 149 g/mol. The van der Waals surface area contributed by atoms with Gasteiger partial charge in [-0.1, -0.05) is 0 Å². The summed E-state index contributed by atoms with van der Waals surface area (Å²) in [5.74, 6) is 0. The summed E-state index contributed by atoms with van der Waals surface area (Å²) in [6.07, 6.45) is -4.30. The Morgan fingerprint density at radius 3 is 2.30 bits per heavy atom. The first kappa shape index (κ1) is 7.90. The molecule has 1 fully saturated rings. The lowest BCUT2D eigenvalue weighted by Gasteiger charge is -2.32. The molecule has 0 saturated carbocycles. The van der Waals surface area contributed by atoms with Crippen LogP contribution in [0.1, 0.15) is 0 Å². The summed E-state index contributed by atoms with van der Waals surface area (Å²) in [5, 5.41) is 26.8. The van der Waals surface area contributed by atoms with Crippen LogP contribution in [0.5, 0.6) is 0 Å². The van der Waals surface area contributed by atoms with Gasteiger partial charge in [0.1, 0.15) is 24.5 Å². The van der Waals surface area contributed by atoms with Gasteiger partial charge in [0.05, 0.1) is 6.61 Å². The van der Waals surface area contributed by atoms with Gasteiger partial charge in [-0.15, -0.1) is 0 Å². The molecule has 1 aliphatic heterocycles. The Morgan fingerprint density at radius 2 is 1.80 bits per heavy atom. The second-order valence-electron chi connectivity index (χ2n) is 2.35. The Labute approximate surface area is 58.0 Å². The molecule has 1 aliphatic rings. The minimum Gasteiger partial charge on any atom is -0.388 e. The van der Waals surface area contributed by atoms with Crippen LogP contribution in [0.25, 0.3) is 0 Å². The van der Waals surface area contributed by atoms with Crippen molar-refractivity contribution in [2.75, 3.05) is 6.61 Å². The standard InChI is InChI=1S/C5H11NO4/c6-5-4(9)3(8)2(7)1-10-5/h2-5,7-9H,1,6H2/t2-,3-,4?,5?/m1/s1. The molecule has 0 bridgehead atoms. The first-order valence-electron chi connectivity index (χ1n) is 3.04. The van der Waals surface area contributed by atoms with E-state index in [4.69, 9.17) is 25.8 Å². The van der Waals surface area contributed by atoms with Gasteiger partial charge in [-0.2, -0.15) is 0 Å². The number of aliphatic hydroxyl groups is 3. The normalized spacial score (nSPS) is 49.2. The van der Waals surface area contributed by atoms with E-state index in [2.05, 4.69) is 0 Å². The zero-order chi connectivity index (χ0) is 7.72. The van der Waals surface area contributed by atoms with E-state index >= 15 is 0 Å². The van der Waals surface area contributed by atoms with Crippen molar-refractivity contribution < 1.29 is 20.1 Å². The van der Waals surface area contributed by atoms with Crippen LogP contribution >= 0.6 is 0 Å². The average Bonchev–Trinajstić information content (AvgIpc) is 1.93. The van der Waals surface area contributed by atoms with Crippen LogP contribution in [-0.4, -0.2) is 46.5 Å². The lowest BCUT2D eigenvalue weighted by Crippen LogP contribution is -2.56. The molecule has 60 valence electrons. The third-order valence-electron chi connectivity index (χ3n) is 1.54. The minimum atomic E-state index is -1.19. The fourth-order valence-electron chi connectivity index (χ4n) is 0.829. The van der Waals surface area contributed by atoms with Crippen LogP contribution in [0.4, 0.5) is 0 Å². The first-order valence-corrected chi connectivity index (χ1v) is 3.04. The quantitative estimate of drug-likeness (QED) is 0.302. The molecule has 1 saturated heterocycles. The SMILES string of the molecule is NC1OC[C@@H](O)[C@@H](O)C1O. The second kappa shape index (κ2) is 2.81. The number of nitrogens with two attached hydrogens (primary N) is 1. The minimum absolute atomic E-state index is 0.0284. The van der Waals surface area contributed by atoms with Crippen LogP contribution in [0, 0.1) is 0 Å². The molecule has 5 N–H and O–H groups in total. The van der Waals surface area contributed by atoms with Gasteiger partial charge in [0.15, 0.2) is 0 Å². The van der Waals surface area contributed by atoms with E-state index < -0.39 is 24.5 Å². The van der Waals surface area contributed by atoms with Crippen LogP contribution in [0.15, 0.2) is 0 Å². The molecule has 0 aromatic heterocycles. The molecule has 0 spiro atoms. The highest BCUT2D eigenvalue weighted by Gasteiger charge is 2.35. The Hall–Kier alpha value is -0.200. The van der Waals surface area contributed by atoms with Crippen LogP contribution < -0.4 is 5.73 Å². The predicted molar refractivity (Wildman–Crippen MR) is 31.9 cm³/mol. The molecule has 0 aromatic carbocycles. The van der Waals surface area contributed by atoms with Crippen LogP contribution in [-0.2, 0) is 4.74 Å². The summed E-state index contributed by atoms with van der Waals surface area (Å²) in [6, 6.07) is 0. The summed E-state index contributed by atoms with van der Waals surface area (Å²) >= 11 is 0. The maximum Gasteiger partial charge on any atom is 0.134 e. The molecule has 0 radical (unpaired) electrons. The maximum absolute atomic E-state index is 8.96. The number of hydrogen-bond donors (Lipinski definition) is 4. The van der Waals surface area contributed by atoms with Gasteiger partial charge < -0.3 is 25.8 Å². The summed E-state index contributed by atoms with van der Waals surface area (Å²) < 4.78 is 4.69. The highest BCUT2D eigenvalue weighted by Crippen LogP contribution is 2.11. The molecule has 0 aliphatic carbocycles. The van der Waals surface area contributed by atoms with E-state index in [0.29, 0.717) is 0 Å². The van der Waals surface area contributed by atoms with Gasteiger partial charge in [-0.3, -0.25) is 0 Å². The van der Waals surface area contributed by atoms with E-state index in [9.17, 15) is 0 Å². The molecule has 1 heterocycles. The van der Waals surface area contributed by atoms with E-state index in [-0.39, 0.29) is 6.61 Å². The Balaban J connectivity index is 2.52. The number of rotatable bonds is 0. The average molecular weight is 149 g/mol.